The molecule has 0 radical (unpaired) electrons. The molecule has 0 aliphatic rings. The van der Waals surface area contributed by atoms with E-state index in [1.807, 2.05) is 0 Å². The monoisotopic (exact) mass is 258 g/mol. The second-order valence-electron chi connectivity index (χ2n) is 4.37. The summed E-state index contributed by atoms with van der Waals surface area (Å²) >= 11 is 1.57. The van der Waals surface area contributed by atoms with Crippen LogP contribution < -0.4 is 5.73 Å². The van der Waals surface area contributed by atoms with E-state index in [4.69, 9.17) is 5.73 Å². The molecule has 18 heavy (non-hydrogen) atoms. The molecule has 0 atom stereocenters. The van der Waals surface area contributed by atoms with Gasteiger partial charge in [-0.15, -0.1) is 11.3 Å². The van der Waals surface area contributed by atoms with Crippen molar-refractivity contribution in [1.82, 2.24) is 15.0 Å². The van der Waals surface area contributed by atoms with E-state index in [2.05, 4.69) is 35.7 Å². The van der Waals surface area contributed by atoms with Crippen LogP contribution in [0.4, 0.5) is 5.82 Å². The molecular weight excluding hydrogens is 244 g/mol. The zero-order valence-electron chi connectivity index (χ0n) is 10.6. The summed E-state index contributed by atoms with van der Waals surface area (Å²) in [6, 6.07) is 0. The van der Waals surface area contributed by atoms with Gasteiger partial charge in [0, 0.05) is 11.1 Å². The largest absolute Gasteiger partial charge is 0.382 e. The fourth-order valence-electron chi connectivity index (χ4n) is 2.49. The van der Waals surface area contributed by atoms with Crippen molar-refractivity contribution < 1.29 is 0 Å². The molecule has 5 heteroatoms. The van der Waals surface area contributed by atoms with Crippen LogP contribution in [-0.4, -0.2) is 15.0 Å². The first-order valence-electron chi connectivity index (χ1n) is 5.92. The highest BCUT2D eigenvalue weighted by Gasteiger charge is 2.16. The number of aromatic nitrogens is 3. The van der Waals surface area contributed by atoms with Crippen LogP contribution in [0.15, 0.2) is 6.33 Å². The smallest absolute Gasteiger partial charge is 0.144 e. The van der Waals surface area contributed by atoms with Gasteiger partial charge >= 0.3 is 0 Å². The first-order chi connectivity index (χ1) is 8.63. The average Bonchev–Trinajstić information content (AvgIpc) is 2.69. The molecule has 3 aromatic heterocycles. The SMILES string of the molecule is CCc1c(C)nc2sc3c(N)ncnc3c2c1C. The number of pyridine rings is 1. The highest BCUT2D eigenvalue weighted by Crippen LogP contribution is 2.37. The number of aryl methyl sites for hydroxylation is 2. The topological polar surface area (TPSA) is 64.7 Å². The van der Waals surface area contributed by atoms with Gasteiger partial charge in [0.1, 0.15) is 17.0 Å². The summed E-state index contributed by atoms with van der Waals surface area (Å²) < 4.78 is 0.941. The quantitative estimate of drug-likeness (QED) is 0.728. The van der Waals surface area contributed by atoms with Gasteiger partial charge < -0.3 is 5.73 Å². The molecule has 0 fully saturated rings. The summed E-state index contributed by atoms with van der Waals surface area (Å²) in [5, 5.41) is 1.13. The number of hydrogen-bond acceptors (Lipinski definition) is 5. The van der Waals surface area contributed by atoms with E-state index in [1.165, 1.54) is 17.5 Å². The predicted octanol–water partition coefficient (Wildman–Crippen LogP) is 3.00. The third-order valence-electron chi connectivity index (χ3n) is 3.37. The Bertz CT molecular complexity index is 761. The van der Waals surface area contributed by atoms with E-state index in [9.17, 15) is 0 Å². The Morgan fingerprint density at radius 3 is 2.78 bits per heavy atom. The van der Waals surface area contributed by atoms with Crippen LogP contribution in [-0.2, 0) is 6.42 Å². The number of nitrogens with zero attached hydrogens (tertiary/aromatic N) is 3. The van der Waals surface area contributed by atoms with Crippen molar-refractivity contribution in [1.29, 1.82) is 0 Å². The minimum absolute atomic E-state index is 0.540. The Kier molecular flexibility index (Phi) is 2.45. The summed E-state index contributed by atoms with van der Waals surface area (Å²) in [6.07, 6.45) is 2.51. The molecule has 0 unspecified atom stereocenters. The molecule has 4 nitrogen and oxygen atoms in total. The van der Waals surface area contributed by atoms with Crippen molar-refractivity contribution >= 4 is 37.6 Å². The maximum Gasteiger partial charge on any atom is 0.144 e. The molecule has 92 valence electrons. The fraction of sp³-hybridized carbons (Fsp3) is 0.308. The molecule has 0 saturated heterocycles. The van der Waals surface area contributed by atoms with Gasteiger partial charge in [0.2, 0.25) is 0 Å². The maximum atomic E-state index is 5.91. The number of fused-ring (bicyclic) bond motifs is 3. The number of rotatable bonds is 1. The molecule has 3 heterocycles. The second kappa shape index (κ2) is 3.88. The highest BCUT2D eigenvalue weighted by molar-refractivity contribution is 7.25. The van der Waals surface area contributed by atoms with Gasteiger partial charge in [-0.25, -0.2) is 15.0 Å². The molecule has 3 aromatic rings. The number of anilines is 1. The lowest BCUT2D eigenvalue weighted by Crippen LogP contribution is -1.96. The molecule has 0 bridgehead atoms. The van der Waals surface area contributed by atoms with Crippen molar-refractivity contribution in [3.63, 3.8) is 0 Å². The Labute approximate surface area is 109 Å². The molecule has 0 saturated carbocycles. The van der Waals surface area contributed by atoms with E-state index in [0.717, 1.165) is 32.5 Å². The van der Waals surface area contributed by atoms with Crippen molar-refractivity contribution in [3.05, 3.63) is 23.1 Å². The molecule has 0 aromatic carbocycles. The van der Waals surface area contributed by atoms with Gasteiger partial charge in [-0.05, 0) is 31.4 Å². The van der Waals surface area contributed by atoms with Gasteiger partial charge in [-0.1, -0.05) is 6.92 Å². The van der Waals surface area contributed by atoms with Crippen LogP contribution in [0.5, 0.6) is 0 Å². The van der Waals surface area contributed by atoms with Gasteiger partial charge in [-0.3, -0.25) is 0 Å². The molecule has 0 aliphatic carbocycles. The molecule has 0 amide bonds. The minimum atomic E-state index is 0.540. The number of hydrogen-bond donors (Lipinski definition) is 1. The fourth-order valence-corrected chi connectivity index (χ4v) is 3.63. The first-order valence-corrected chi connectivity index (χ1v) is 6.73. The molecule has 2 N–H and O–H groups in total. The Balaban J connectivity index is 2.56. The third kappa shape index (κ3) is 1.40. The van der Waals surface area contributed by atoms with E-state index >= 15 is 0 Å². The van der Waals surface area contributed by atoms with Crippen LogP contribution >= 0.6 is 11.3 Å². The van der Waals surface area contributed by atoms with E-state index < -0.39 is 0 Å². The zero-order valence-corrected chi connectivity index (χ0v) is 11.4. The van der Waals surface area contributed by atoms with Gasteiger partial charge in [-0.2, -0.15) is 0 Å². The number of nitrogens with two attached hydrogens (primary N) is 1. The van der Waals surface area contributed by atoms with Crippen LogP contribution in [0.1, 0.15) is 23.7 Å². The normalized spacial score (nSPS) is 11.5. The van der Waals surface area contributed by atoms with Crippen LogP contribution in [0.3, 0.4) is 0 Å². The summed E-state index contributed by atoms with van der Waals surface area (Å²) in [4.78, 5) is 14.1. The molecule has 3 rings (SSSR count). The van der Waals surface area contributed by atoms with E-state index in [0.29, 0.717) is 5.82 Å². The van der Waals surface area contributed by atoms with Crippen molar-refractivity contribution in [2.45, 2.75) is 27.2 Å². The molecule has 0 spiro atoms. The van der Waals surface area contributed by atoms with E-state index in [-0.39, 0.29) is 0 Å². The van der Waals surface area contributed by atoms with Gasteiger partial charge in [0.05, 0.1) is 10.2 Å². The number of nitrogen functional groups attached to an aromatic ring is 1. The molecule has 0 aliphatic heterocycles. The maximum absolute atomic E-state index is 5.91. The summed E-state index contributed by atoms with van der Waals surface area (Å²) in [7, 11) is 0. The summed E-state index contributed by atoms with van der Waals surface area (Å²) in [5.41, 5.74) is 10.5. The molecular formula is C13H14N4S. The third-order valence-corrected chi connectivity index (χ3v) is 4.46. The van der Waals surface area contributed by atoms with Gasteiger partial charge in [0.15, 0.2) is 0 Å². The second-order valence-corrected chi connectivity index (χ2v) is 5.37. The number of thiophene rings is 1. The van der Waals surface area contributed by atoms with Crippen molar-refractivity contribution in [2.75, 3.05) is 5.73 Å². The van der Waals surface area contributed by atoms with Crippen LogP contribution in [0.25, 0.3) is 20.4 Å². The van der Waals surface area contributed by atoms with Crippen LogP contribution in [0, 0.1) is 13.8 Å². The predicted molar refractivity (Wildman–Crippen MR) is 76.0 cm³/mol. The first kappa shape index (κ1) is 11.3. The van der Waals surface area contributed by atoms with Crippen molar-refractivity contribution in [3.8, 4) is 0 Å². The minimum Gasteiger partial charge on any atom is -0.382 e. The Morgan fingerprint density at radius 1 is 1.28 bits per heavy atom. The van der Waals surface area contributed by atoms with Crippen LogP contribution in [0.2, 0.25) is 0 Å². The summed E-state index contributed by atoms with van der Waals surface area (Å²) in [6.45, 7) is 6.35. The van der Waals surface area contributed by atoms with Gasteiger partial charge in [0.25, 0.3) is 0 Å². The van der Waals surface area contributed by atoms with Crippen molar-refractivity contribution in [2.24, 2.45) is 0 Å². The zero-order chi connectivity index (χ0) is 12.9. The summed E-state index contributed by atoms with van der Waals surface area (Å²) in [5.74, 6) is 0.540. The van der Waals surface area contributed by atoms with E-state index in [1.54, 1.807) is 11.3 Å². The lowest BCUT2D eigenvalue weighted by atomic mass is 10.0. The Hall–Kier alpha value is -1.75. The highest BCUT2D eigenvalue weighted by atomic mass is 32.1. The lowest BCUT2D eigenvalue weighted by molar-refractivity contribution is 1.05. The lowest BCUT2D eigenvalue weighted by Gasteiger charge is -2.07. The standard InChI is InChI=1S/C13H14N4S/c1-4-8-6(2)9-10-11(12(14)16-5-15-10)18-13(9)17-7(8)3/h5H,4H2,1-3H3,(H2,14,15,16). The average molecular weight is 258 g/mol. The Morgan fingerprint density at radius 2 is 2.06 bits per heavy atom.